The molecule has 0 heterocycles. The number of carbonyl (C=O) groups excluding carboxylic acids is 1. The van der Waals surface area contributed by atoms with E-state index in [1.54, 1.807) is 0 Å². The van der Waals surface area contributed by atoms with Crippen LogP contribution in [0.1, 0.15) is 86.0 Å². The lowest BCUT2D eigenvalue weighted by molar-refractivity contribution is -0.131. The fourth-order valence-electron chi connectivity index (χ4n) is 5.38. The quantitative estimate of drug-likeness (QED) is 0.598. The van der Waals surface area contributed by atoms with Crippen LogP contribution in [-0.2, 0) is 4.79 Å². The second kappa shape index (κ2) is 6.84. The predicted molar refractivity (Wildman–Crippen MR) is 90.2 cm³/mol. The van der Waals surface area contributed by atoms with Crippen molar-refractivity contribution in [3.63, 3.8) is 0 Å². The topological polar surface area (TPSA) is 17.1 Å². The van der Waals surface area contributed by atoms with Gasteiger partial charge in [-0.25, -0.2) is 0 Å². The van der Waals surface area contributed by atoms with Gasteiger partial charge in [0.1, 0.15) is 5.78 Å². The summed E-state index contributed by atoms with van der Waals surface area (Å²) in [5.74, 6) is 4.22. The zero-order valence-electron chi connectivity index (χ0n) is 15.0. The van der Waals surface area contributed by atoms with Crippen LogP contribution < -0.4 is 0 Å². The zero-order chi connectivity index (χ0) is 15.6. The van der Waals surface area contributed by atoms with Gasteiger partial charge in [0.15, 0.2) is 0 Å². The van der Waals surface area contributed by atoms with Crippen molar-refractivity contribution < 1.29 is 4.79 Å². The van der Waals surface area contributed by atoms with Crippen molar-refractivity contribution in [3.05, 3.63) is 0 Å². The van der Waals surface area contributed by atoms with Gasteiger partial charge >= 0.3 is 0 Å². The van der Waals surface area contributed by atoms with Crippen LogP contribution in [0.5, 0.6) is 0 Å². The van der Waals surface area contributed by atoms with Crippen LogP contribution in [0.25, 0.3) is 0 Å². The molecule has 2 aliphatic rings. The van der Waals surface area contributed by atoms with Gasteiger partial charge < -0.3 is 0 Å². The first-order valence-corrected chi connectivity index (χ1v) is 9.45. The minimum atomic E-state index is 0.371. The Morgan fingerprint density at radius 2 is 1.86 bits per heavy atom. The van der Waals surface area contributed by atoms with E-state index in [9.17, 15) is 4.79 Å². The summed E-state index contributed by atoms with van der Waals surface area (Å²) in [6, 6.07) is 0. The molecule has 2 aliphatic carbocycles. The largest absolute Gasteiger partial charge is 0.299 e. The number of fused-ring (bicyclic) bond motifs is 1. The second-order valence-electron chi connectivity index (χ2n) is 8.42. The van der Waals surface area contributed by atoms with E-state index in [1.807, 2.05) is 0 Å². The van der Waals surface area contributed by atoms with Gasteiger partial charge in [-0.3, -0.25) is 4.79 Å². The van der Waals surface area contributed by atoms with Crippen molar-refractivity contribution in [2.24, 2.45) is 35.0 Å². The Hall–Kier alpha value is -0.330. The highest BCUT2D eigenvalue weighted by atomic mass is 16.1. The van der Waals surface area contributed by atoms with Crippen molar-refractivity contribution in [2.45, 2.75) is 86.0 Å². The van der Waals surface area contributed by atoms with E-state index in [1.165, 1.54) is 38.5 Å². The van der Waals surface area contributed by atoms with Gasteiger partial charge in [-0.2, -0.15) is 0 Å². The minimum Gasteiger partial charge on any atom is -0.299 e. The van der Waals surface area contributed by atoms with E-state index >= 15 is 0 Å². The third-order valence-corrected chi connectivity index (χ3v) is 7.21. The van der Waals surface area contributed by atoms with Crippen LogP contribution in [0, 0.1) is 35.0 Å². The van der Waals surface area contributed by atoms with E-state index in [0.717, 1.165) is 36.5 Å². The number of ketones is 1. The first kappa shape index (κ1) is 17.0. The molecule has 0 radical (unpaired) electrons. The summed E-state index contributed by atoms with van der Waals surface area (Å²) in [6.07, 6.45) is 9.74. The van der Waals surface area contributed by atoms with Crippen LogP contribution in [0.2, 0.25) is 0 Å². The van der Waals surface area contributed by atoms with Gasteiger partial charge in [0.2, 0.25) is 0 Å². The monoisotopic (exact) mass is 292 g/mol. The van der Waals surface area contributed by atoms with Crippen LogP contribution >= 0.6 is 0 Å². The number of rotatable bonds is 6. The molecule has 0 saturated heterocycles. The maximum Gasteiger partial charge on any atom is 0.136 e. The lowest BCUT2D eigenvalue weighted by Crippen LogP contribution is -2.41. The first-order chi connectivity index (χ1) is 9.92. The Morgan fingerprint density at radius 3 is 2.48 bits per heavy atom. The second-order valence-corrected chi connectivity index (χ2v) is 8.42. The van der Waals surface area contributed by atoms with E-state index < -0.39 is 0 Å². The first-order valence-electron chi connectivity index (χ1n) is 9.45. The Kier molecular flexibility index (Phi) is 5.54. The highest BCUT2D eigenvalue weighted by Crippen LogP contribution is 2.59. The SMILES string of the molecule is CCC12CCCC(=O)C1CCC2C(C)CCC(C)C(C)C. The van der Waals surface area contributed by atoms with Crippen LogP contribution in [0.3, 0.4) is 0 Å². The molecule has 2 rings (SSSR count). The molecular weight excluding hydrogens is 256 g/mol. The molecule has 5 atom stereocenters. The van der Waals surface area contributed by atoms with E-state index in [4.69, 9.17) is 0 Å². The molecule has 0 aliphatic heterocycles. The number of hydrogen-bond donors (Lipinski definition) is 0. The molecule has 2 fully saturated rings. The Labute approximate surface area is 132 Å². The van der Waals surface area contributed by atoms with Gasteiger partial charge in [-0.1, -0.05) is 47.5 Å². The van der Waals surface area contributed by atoms with Crippen molar-refractivity contribution in [2.75, 3.05) is 0 Å². The highest BCUT2D eigenvalue weighted by molar-refractivity contribution is 5.83. The molecule has 0 N–H and O–H groups in total. The lowest BCUT2D eigenvalue weighted by Gasteiger charge is -2.45. The van der Waals surface area contributed by atoms with Crippen molar-refractivity contribution in [1.29, 1.82) is 0 Å². The summed E-state index contributed by atoms with van der Waals surface area (Å²) >= 11 is 0. The smallest absolute Gasteiger partial charge is 0.136 e. The molecule has 1 nitrogen and oxygen atoms in total. The van der Waals surface area contributed by atoms with Crippen molar-refractivity contribution >= 4 is 5.78 Å². The van der Waals surface area contributed by atoms with Gasteiger partial charge in [0.25, 0.3) is 0 Å². The van der Waals surface area contributed by atoms with Crippen LogP contribution in [-0.4, -0.2) is 5.78 Å². The number of hydrogen-bond acceptors (Lipinski definition) is 1. The molecular formula is C20H36O. The van der Waals surface area contributed by atoms with Gasteiger partial charge in [-0.05, 0) is 61.2 Å². The summed E-state index contributed by atoms with van der Waals surface area (Å²) in [4.78, 5) is 12.4. The molecule has 21 heavy (non-hydrogen) atoms. The third-order valence-electron chi connectivity index (χ3n) is 7.21. The fraction of sp³-hybridized carbons (Fsp3) is 0.950. The van der Waals surface area contributed by atoms with E-state index in [2.05, 4.69) is 34.6 Å². The molecule has 2 saturated carbocycles. The molecule has 122 valence electrons. The molecule has 0 spiro atoms. The number of carbonyl (C=O) groups is 1. The standard InChI is InChI=1S/C20H36O/c1-6-20-13-7-8-19(21)18(20)12-11-17(20)16(5)10-9-15(4)14(2)3/h14-18H,6-13H2,1-5H3. The van der Waals surface area contributed by atoms with Crippen LogP contribution in [0.15, 0.2) is 0 Å². The third kappa shape index (κ3) is 3.22. The predicted octanol–water partition coefficient (Wildman–Crippen LogP) is 5.87. The summed E-state index contributed by atoms with van der Waals surface area (Å²) in [5, 5.41) is 0. The lowest BCUT2D eigenvalue weighted by atomic mass is 9.59. The average Bonchev–Trinajstić information content (AvgIpc) is 2.85. The molecule has 5 unspecified atom stereocenters. The van der Waals surface area contributed by atoms with E-state index in [0.29, 0.717) is 17.1 Å². The van der Waals surface area contributed by atoms with Crippen molar-refractivity contribution in [1.82, 2.24) is 0 Å². The maximum absolute atomic E-state index is 12.4. The zero-order valence-corrected chi connectivity index (χ0v) is 15.0. The average molecular weight is 293 g/mol. The molecule has 0 aromatic heterocycles. The fourth-order valence-corrected chi connectivity index (χ4v) is 5.38. The molecule has 0 amide bonds. The molecule has 0 bridgehead atoms. The highest BCUT2D eigenvalue weighted by Gasteiger charge is 2.53. The summed E-state index contributed by atoms with van der Waals surface area (Å²) < 4.78 is 0. The van der Waals surface area contributed by atoms with E-state index in [-0.39, 0.29) is 0 Å². The minimum absolute atomic E-state index is 0.371. The summed E-state index contributed by atoms with van der Waals surface area (Å²) in [7, 11) is 0. The normalized spacial score (nSPS) is 35.8. The molecule has 1 heteroatoms. The molecule has 0 aromatic rings. The maximum atomic E-state index is 12.4. The Bertz CT molecular complexity index is 359. The van der Waals surface area contributed by atoms with Gasteiger partial charge in [0, 0.05) is 12.3 Å². The van der Waals surface area contributed by atoms with Gasteiger partial charge in [0.05, 0.1) is 0 Å². The Balaban J connectivity index is 2.03. The van der Waals surface area contributed by atoms with Gasteiger partial charge in [-0.15, -0.1) is 0 Å². The van der Waals surface area contributed by atoms with Crippen LogP contribution in [0.4, 0.5) is 0 Å². The Morgan fingerprint density at radius 1 is 1.14 bits per heavy atom. The van der Waals surface area contributed by atoms with Crippen molar-refractivity contribution in [3.8, 4) is 0 Å². The summed E-state index contributed by atoms with van der Waals surface area (Å²) in [6.45, 7) is 11.9. The molecule has 0 aromatic carbocycles. The summed E-state index contributed by atoms with van der Waals surface area (Å²) in [5.41, 5.74) is 0.371. The number of Topliss-reactive ketones (excluding diaryl/α,β-unsaturated/α-hetero) is 1.